The van der Waals surface area contributed by atoms with Crippen molar-refractivity contribution < 1.29 is 19.1 Å². The van der Waals surface area contributed by atoms with E-state index in [1.807, 2.05) is 20.8 Å². The Morgan fingerprint density at radius 2 is 1.95 bits per heavy atom. The van der Waals surface area contributed by atoms with Crippen molar-refractivity contribution in [3.8, 4) is 0 Å². The van der Waals surface area contributed by atoms with E-state index < -0.39 is 23.7 Å². The molecule has 4 nitrogen and oxygen atoms in total. The van der Waals surface area contributed by atoms with Crippen molar-refractivity contribution in [1.82, 2.24) is 5.32 Å². The number of carbonyl (C=O) groups excluding carboxylic acids is 1. The maximum Gasteiger partial charge on any atom is 0.305 e. The van der Waals surface area contributed by atoms with Crippen molar-refractivity contribution in [3.63, 3.8) is 0 Å². The lowest BCUT2D eigenvalue weighted by Gasteiger charge is -2.26. The van der Waals surface area contributed by atoms with Gasteiger partial charge in [-0.3, -0.25) is 9.59 Å². The van der Waals surface area contributed by atoms with E-state index in [1.54, 1.807) is 13.0 Å². The molecule has 1 aromatic rings. The monoisotopic (exact) mass is 295 g/mol. The molecular weight excluding hydrogens is 273 g/mol. The summed E-state index contributed by atoms with van der Waals surface area (Å²) in [6, 6.07) is 3.81. The number of aliphatic carboxylic acids is 1. The molecule has 0 heterocycles. The predicted octanol–water partition coefficient (Wildman–Crippen LogP) is 3.14. The van der Waals surface area contributed by atoms with Crippen LogP contribution in [0.4, 0.5) is 4.39 Å². The Balaban J connectivity index is 2.86. The Kier molecular flexibility index (Phi) is 5.47. The second-order valence-corrected chi connectivity index (χ2v) is 6.52. The summed E-state index contributed by atoms with van der Waals surface area (Å²) in [5, 5.41) is 11.6. The number of halogens is 1. The Morgan fingerprint density at radius 3 is 2.43 bits per heavy atom. The van der Waals surface area contributed by atoms with E-state index >= 15 is 0 Å². The van der Waals surface area contributed by atoms with Crippen molar-refractivity contribution in [1.29, 1.82) is 0 Å². The van der Waals surface area contributed by atoms with Gasteiger partial charge in [0, 0.05) is 6.04 Å². The quantitative estimate of drug-likeness (QED) is 0.877. The number of carboxylic acids is 1. The number of hydrogen-bond donors (Lipinski definition) is 2. The summed E-state index contributed by atoms with van der Waals surface area (Å²) in [5.74, 6) is -2.17. The van der Waals surface area contributed by atoms with Crippen molar-refractivity contribution in [2.24, 2.45) is 5.41 Å². The van der Waals surface area contributed by atoms with Crippen LogP contribution in [0.1, 0.15) is 49.5 Å². The van der Waals surface area contributed by atoms with Crippen LogP contribution in [0.25, 0.3) is 0 Å². The van der Waals surface area contributed by atoms with Gasteiger partial charge < -0.3 is 10.4 Å². The predicted molar refractivity (Wildman–Crippen MR) is 78.7 cm³/mol. The molecule has 1 rings (SSSR count). The van der Waals surface area contributed by atoms with Gasteiger partial charge in [-0.2, -0.15) is 0 Å². The molecule has 0 saturated carbocycles. The summed E-state index contributed by atoms with van der Waals surface area (Å²) in [5.41, 5.74) is 0.518. The van der Waals surface area contributed by atoms with Gasteiger partial charge in [-0.05, 0) is 36.5 Å². The van der Waals surface area contributed by atoms with Crippen LogP contribution in [0.15, 0.2) is 18.2 Å². The molecule has 0 radical (unpaired) electrons. The topological polar surface area (TPSA) is 66.4 Å². The lowest BCUT2D eigenvalue weighted by Crippen LogP contribution is -2.39. The minimum Gasteiger partial charge on any atom is -0.481 e. The van der Waals surface area contributed by atoms with E-state index in [-0.39, 0.29) is 17.4 Å². The maximum absolute atomic E-state index is 13.8. The van der Waals surface area contributed by atoms with Gasteiger partial charge in [0.1, 0.15) is 5.82 Å². The number of nitrogens with one attached hydrogen (secondary N) is 1. The molecule has 1 aromatic carbocycles. The summed E-state index contributed by atoms with van der Waals surface area (Å²) in [7, 11) is 0. The summed E-state index contributed by atoms with van der Waals surface area (Å²) < 4.78 is 13.8. The first kappa shape index (κ1) is 17.1. The zero-order valence-electron chi connectivity index (χ0n) is 12.9. The highest BCUT2D eigenvalue weighted by molar-refractivity contribution is 5.94. The number of benzene rings is 1. The zero-order valence-corrected chi connectivity index (χ0v) is 12.9. The molecule has 0 aliphatic carbocycles. The van der Waals surface area contributed by atoms with E-state index in [0.717, 1.165) is 5.56 Å². The van der Waals surface area contributed by atoms with Crippen molar-refractivity contribution >= 4 is 11.9 Å². The van der Waals surface area contributed by atoms with Gasteiger partial charge in [-0.15, -0.1) is 0 Å². The molecule has 21 heavy (non-hydrogen) atoms. The van der Waals surface area contributed by atoms with Crippen LogP contribution < -0.4 is 5.32 Å². The first-order valence-corrected chi connectivity index (χ1v) is 6.87. The number of rotatable bonds is 5. The third-order valence-corrected chi connectivity index (χ3v) is 2.98. The van der Waals surface area contributed by atoms with Gasteiger partial charge in [0.2, 0.25) is 0 Å². The van der Waals surface area contributed by atoms with Gasteiger partial charge in [-0.25, -0.2) is 4.39 Å². The fraction of sp³-hybridized carbons (Fsp3) is 0.500. The third kappa shape index (κ3) is 5.94. The van der Waals surface area contributed by atoms with E-state index in [0.29, 0.717) is 6.42 Å². The molecule has 5 heteroatoms. The fourth-order valence-electron chi connectivity index (χ4n) is 2.19. The second-order valence-electron chi connectivity index (χ2n) is 6.52. The normalized spacial score (nSPS) is 12.8. The number of carboxylic acid groups (broad SMARTS) is 1. The smallest absolute Gasteiger partial charge is 0.305 e. The minimum atomic E-state index is -0.992. The molecule has 1 atom stereocenters. The molecule has 0 aliphatic rings. The van der Waals surface area contributed by atoms with E-state index in [2.05, 4.69) is 5.32 Å². The van der Waals surface area contributed by atoms with Gasteiger partial charge >= 0.3 is 5.97 Å². The van der Waals surface area contributed by atoms with Crippen LogP contribution in [0.5, 0.6) is 0 Å². The first-order valence-electron chi connectivity index (χ1n) is 6.87. The largest absolute Gasteiger partial charge is 0.481 e. The summed E-state index contributed by atoms with van der Waals surface area (Å²) >= 11 is 0. The lowest BCUT2D eigenvalue weighted by molar-refractivity contribution is -0.137. The Labute approximate surface area is 124 Å². The van der Waals surface area contributed by atoms with Crippen molar-refractivity contribution in [3.05, 3.63) is 35.1 Å². The first-order chi connectivity index (χ1) is 9.58. The third-order valence-electron chi connectivity index (χ3n) is 2.98. The van der Waals surface area contributed by atoms with Crippen LogP contribution in [-0.2, 0) is 4.79 Å². The molecule has 0 spiro atoms. The molecule has 116 valence electrons. The van der Waals surface area contributed by atoms with Crippen LogP contribution in [-0.4, -0.2) is 23.0 Å². The molecule has 0 aromatic heterocycles. The van der Waals surface area contributed by atoms with E-state index in [9.17, 15) is 14.0 Å². The lowest BCUT2D eigenvalue weighted by atomic mass is 9.87. The number of hydrogen-bond acceptors (Lipinski definition) is 2. The van der Waals surface area contributed by atoms with Gasteiger partial charge in [-0.1, -0.05) is 26.8 Å². The van der Waals surface area contributed by atoms with Gasteiger partial charge in [0.05, 0.1) is 12.0 Å². The summed E-state index contributed by atoms with van der Waals surface area (Å²) in [6.45, 7) is 7.61. The molecule has 1 amide bonds. The molecular formula is C16H22FNO3. The van der Waals surface area contributed by atoms with Crippen LogP contribution in [0, 0.1) is 18.2 Å². The fourth-order valence-corrected chi connectivity index (χ4v) is 2.19. The molecule has 0 saturated heterocycles. The number of carbonyl (C=O) groups is 2. The molecule has 0 aliphatic heterocycles. The highest BCUT2D eigenvalue weighted by atomic mass is 19.1. The SMILES string of the molecule is Cc1ccc(C(=O)NC(CC(=O)O)CC(C)(C)C)c(F)c1. The van der Waals surface area contributed by atoms with Crippen LogP contribution in [0.2, 0.25) is 0 Å². The summed E-state index contributed by atoms with van der Waals surface area (Å²) in [6.07, 6.45) is 0.314. The molecule has 0 fully saturated rings. The molecule has 1 unspecified atom stereocenters. The highest BCUT2D eigenvalue weighted by Gasteiger charge is 2.24. The maximum atomic E-state index is 13.8. The minimum absolute atomic E-state index is 0.0649. The highest BCUT2D eigenvalue weighted by Crippen LogP contribution is 2.22. The average Bonchev–Trinajstić information content (AvgIpc) is 2.24. The van der Waals surface area contributed by atoms with Crippen LogP contribution in [0.3, 0.4) is 0 Å². The van der Waals surface area contributed by atoms with Gasteiger partial charge in [0.15, 0.2) is 0 Å². The molecule has 2 N–H and O–H groups in total. The van der Waals surface area contributed by atoms with E-state index in [1.165, 1.54) is 12.1 Å². The Hall–Kier alpha value is -1.91. The van der Waals surface area contributed by atoms with E-state index in [4.69, 9.17) is 5.11 Å². The van der Waals surface area contributed by atoms with Crippen molar-refractivity contribution in [2.75, 3.05) is 0 Å². The molecule has 0 bridgehead atoms. The zero-order chi connectivity index (χ0) is 16.2. The summed E-state index contributed by atoms with van der Waals surface area (Å²) in [4.78, 5) is 23.0. The van der Waals surface area contributed by atoms with Gasteiger partial charge in [0.25, 0.3) is 5.91 Å². The Morgan fingerprint density at radius 1 is 1.33 bits per heavy atom. The Bertz CT molecular complexity index is 535. The van der Waals surface area contributed by atoms with Crippen LogP contribution >= 0.6 is 0 Å². The van der Waals surface area contributed by atoms with Crippen molar-refractivity contribution in [2.45, 2.75) is 46.6 Å². The number of amides is 1. The average molecular weight is 295 g/mol. The standard InChI is InChI=1S/C16H22FNO3/c1-10-5-6-12(13(17)7-10)15(21)18-11(8-14(19)20)9-16(2,3)4/h5-7,11H,8-9H2,1-4H3,(H,18,21)(H,19,20). The second kappa shape index (κ2) is 6.70. The number of aryl methyl sites for hydroxylation is 1.